The predicted molar refractivity (Wildman–Crippen MR) is 71.7 cm³/mol. The van der Waals surface area contributed by atoms with Crippen LogP contribution in [0.15, 0.2) is 39.1 Å². The zero-order valence-corrected chi connectivity index (χ0v) is 12.0. The van der Waals surface area contributed by atoms with Crippen LogP contribution in [0.4, 0.5) is 0 Å². The van der Waals surface area contributed by atoms with Crippen LogP contribution in [-0.4, -0.2) is 24.9 Å². The van der Waals surface area contributed by atoms with Gasteiger partial charge in [-0.15, -0.1) is 11.8 Å². The average molecular weight is 282 g/mol. The van der Waals surface area contributed by atoms with Crippen LogP contribution >= 0.6 is 11.8 Å². The normalized spacial score (nSPS) is 11.7. The van der Waals surface area contributed by atoms with Gasteiger partial charge in [-0.3, -0.25) is 5.10 Å². The van der Waals surface area contributed by atoms with Gasteiger partial charge in [-0.05, 0) is 32.2 Å². The van der Waals surface area contributed by atoms with Crippen molar-refractivity contribution in [3.8, 4) is 0 Å². The average Bonchev–Trinajstić information content (AvgIpc) is 2.71. The Hall–Kier alpha value is -1.27. The highest BCUT2D eigenvalue weighted by atomic mass is 32.2. The smallest absolute Gasteiger partial charge is 0.211 e. The first kappa shape index (κ1) is 13.2. The van der Waals surface area contributed by atoms with Crippen LogP contribution in [-0.2, 0) is 9.84 Å². The van der Waals surface area contributed by atoms with Crippen LogP contribution in [0.3, 0.4) is 0 Å². The first-order chi connectivity index (χ1) is 8.46. The first-order valence-corrected chi connectivity index (χ1v) is 8.08. The molecule has 0 saturated carbocycles. The van der Waals surface area contributed by atoms with E-state index in [1.54, 1.807) is 31.2 Å². The molecule has 2 rings (SSSR count). The number of rotatable bonds is 3. The highest BCUT2D eigenvalue weighted by Crippen LogP contribution is 2.30. The minimum Gasteiger partial charge on any atom is -0.280 e. The molecule has 0 fully saturated rings. The molecule has 1 aromatic carbocycles. The number of benzene rings is 1. The molecule has 6 heteroatoms. The van der Waals surface area contributed by atoms with E-state index in [2.05, 4.69) is 10.2 Å². The topological polar surface area (TPSA) is 62.8 Å². The monoisotopic (exact) mass is 282 g/mol. The maximum Gasteiger partial charge on any atom is 0.211 e. The Kier molecular flexibility index (Phi) is 3.49. The number of hydrogen-bond acceptors (Lipinski definition) is 4. The largest absolute Gasteiger partial charge is 0.280 e. The molecule has 0 aliphatic rings. The van der Waals surface area contributed by atoms with Gasteiger partial charge in [0.1, 0.15) is 9.92 Å². The van der Waals surface area contributed by atoms with Gasteiger partial charge in [-0.2, -0.15) is 5.10 Å². The molecule has 0 spiro atoms. The lowest BCUT2D eigenvalue weighted by molar-refractivity contribution is 0.593. The van der Waals surface area contributed by atoms with Crippen molar-refractivity contribution in [2.24, 2.45) is 0 Å². The number of aryl methyl sites for hydroxylation is 2. The number of nitrogens with zero attached hydrogens (tertiary/aromatic N) is 1. The predicted octanol–water partition coefficient (Wildman–Crippen LogP) is 2.58. The zero-order valence-electron chi connectivity index (χ0n) is 10.4. The van der Waals surface area contributed by atoms with Gasteiger partial charge in [0, 0.05) is 0 Å². The molecule has 0 bridgehead atoms. The van der Waals surface area contributed by atoms with Gasteiger partial charge < -0.3 is 0 Å². The van der Waals surface area contributed by atoms with Crippen molar-refractivity contribution in [1.82, 2.24) is 10.2 Å². The Labute approximate surface area is 111 Å². The number of H-pyrrole nitrogens is 1. The summed E-state index contributed by atoms with van der Waals surface area (Å²) in [5.41, 5.74) is 1.60. The van der Waals surface area contributed by atoms with Gasteiger partial charge in [0.2, 0.25) is 9.84 Å². The molecule has 0 amide bonds. The van der Waals surface area contributed by atoms with Crippen LogP contribution in [0, 0.1) is 13.8 Å². The molecule has 0 aliphatic heterocycles. The lowest BCUT2D eigenvalue weighted by Gasteiger charge is -2.05. The second-order valence-corrected chi connectivity index (χ2v) is 6.68. The molecule has 2 aromatic rings. The van der Waals surface area contributed by atoms with E-state index in [0.29, 0.717) is 15.6 Å². The molecule has 0 atom stereocenters. The molecule has 0 radical (unpaired) electrons. The van der Waals surface area contributed by atoms with Crippen LogP contribution < -0.4 is 0 Å². The second-order valence-electron chi connectivity index (χ2n) is 4.00. The Morgan fingerprint density at radius 1 is 1.17 bits per heavy atom. The molecule has 1 N–H and O–H groups in total. The minimum atomic E-state index is -3.50. The van der Waals surface area contributed by atoms with Crippen molar-refractivity contribution < 1.29 is 8.42 Å². The van der Waals surface area contributed by atoms with Gasteiger partial charge in [0.25, 0.3) is 0 Å². The number of thioether (sulfide) groups is 1. The van der Waals surface area contributed by atoms with Crippen LogP contribution in [0.2, 0.25) is 0 Å². The molecule has 0 unspecified atom stereocenters. The summed E-state index contributed by atoms with van der Waals surface area (Å²) in [5.74, 6) is 0. The van der Waals surface area contributed by atoms with E-state index in [0.717, 1.165) is 5.56 Å². The Morgan fingerprint density at radius 3 is 2.33 bits per heavy atom. The molecule has 96 valence electrons. The summed E-state index contributed by atoms with van der Waals surface area (Å²) in [5, 5.41) is 7.24. The van der Waals surface area contributed by atoms with Crippen molar-refractivity contribution in [2.45, 2.75) is 28.7 Å². The summed E-state index contributed by atoms with van der Waals surface area (Å²) in [6.45, 7) is 3.64. The second kappa shape index (κ2) is 4.78. The van der Waals surface area contributed by atoms with E-state index >= 15 is 0 Å². The van der Waals surface area contributed by atoms with E-state index < -0.39 is 9.84 Å². The van der Waals surface area contributed by atoms with Crippen molar-refractivity contribution in [3.05, 3.63) is 35.5 Å². The van der Waals surface area contributed by atoms with Crippen LogP contribution in [0.25, 0.3) is 0 Å². The van der Waals surface area contributed by atoms with Crippen molar-refractivity contribution in [1.29, 1.82) is 0 Å². The van der Waals surface area contributed by atoms with E-state index in [4.69, 9.17) is 0 Å². The lowest BCUT2D eigenvalue weighted by Crippen LogP contribution is -2.04. The Balaban J connectivity index is 2.61. The minimum absolute atomic E-state index is 0.277. The molecular formula is C12H14N2O2S2. The third-order valence-electron chi connectivity index (χ3n) is 2.65. The fourth-order valence-electron chi connectivity index (χ4n) is 1.69. The number of sulfone groups is 1. The summed E-state index contributed by atoms with van der Waals surface area (Å²) in [7, 11) is -3.50. The maximum atomic E-state index is 12.5. The molecule has 18 heavy (non-hydrogen) atoms. The summed E-state index contributed by atoms with van der Waals surface area (Å²) < 4.78 is 25.1. The number of aromatic amines is 1. The summed E-state index contributed by atoms with van der Waals surface area (Å²) in [4.78, 5) is 0.576. The molecule has 1 heterocycles. The quantitative estimate of drug-likeness (QED) is 0.879. The number of aromatic nitrogens is 2. The first-order valence-electron chi connectivity index (χ1n) is 5.37. The zero-order chi connectivity index (χ0) is 13.3. The molecule has 0 aliphatic carbocycles. The Morgan fingerprint density at radius 2 is 1.78 bits per heavy atom. The molecule has 4 nitrogen and oxygen atoms in total. The molecule has 1 aromatic heterocycles. The van der Waals surface area contributed by atoms with Gasteiger partial charge >= 0.3 is 0 Å². The van der Waals surface area contributed by atoms with E-state index in [1.807, 2.05) is 13.2 Å². The van der Waals surface area contributed by atoms with Crippen molar-refractivity contribution >= 4 is 21.6 Å². The SMILES string of the molecule is CSc1n[nH]c(C)c1S(=O)(=O)c1ccc(C)cc1. The summed E-state index contributed by atoms with van der Waals surface area (Å²) in [6.07, 6.45) is 1.81. The van der Waals surface area contributed by atoms with Crippen LogP contribution in [0.5, 0.6) is 0 Å². The Bertz CT molecular complexity index is 658. The molecule has 0 saturated heterocycles. The fourth-order valence-corrected chi connectivity index (χ4v) is 4.20. The van der Waals surface area contributed by atoms with Gasteiger partial charge in [-0.1, -0.05) is 17.7 Å². The third-order valence-corrected chi connectivity index (χ3v) is 5.39. The van der Waals surface area contributed by atoms with Gasteiger partial charge in [0.15, 0.2) is 0 Å². The van der Waals surface area contributed by atoms with E-state index in [-0.39, 0.29) is 4.90 Å². The van der Waals surface area contributed by atoms with E-state index in [9.17, 15) is 8.42 Å². The lowest BCUT2D eigenvalue weighted by atomic mass is 10.2. The highest BCUT2D eigenvalue weighted by Gasteiger charge is 2.25. The number of hydrogen-bond donors (Lipinski definition) is 1. The third kappa shape index (κ3) is 2.18. The number of nitrogens with one attached hydrogen (secondary N) is 1. The van der Waals surface area contributed by atoms with Crippen molar-refractivity contribution in [2.75, 3.05) is 6.26 Å². The van der Waals surface area contributed by atoms with Gasteiger partial charge in [-0.25, -0.2) is 8.42 Å². The summed E-state index contributed by atoms with van der Waals surface area (Å²) in [6, 6.07) is 6.84. The molecular weight excluding hydrogens is 268 g/mol. The highest BCUT2D eigenvalue weighted by molar-refractivity contribution is 7.99. The van der Waals surface area contributed by atoms with Crippen LogP contribution in [0.1, 0.15) is 11.3 Å². The summed E-state index contributed by atoms with van der Waals surface area (Å²) >= 11 is 1.32. The van der Waals surface area contributed by atoms with E-state index in [1.165, 1.54) is 11.8 Å². The fraction of sp³-hybridized carbons (Fsp3) is 0.250. The maximum absolute atomic E-state index is 12.5. The standard InChI is InChI=1S/C12H14N2O2S2/c1-8-4-6-10(7-5-8)18(15,16)11-9(2)13-14-12(11)17-3/h4-7H,1-3H3,(H,13,14). The van der Waals surface area contributed by atoms with Gasteiger partial charge in [0.05, 0.1) is 10.6 Å². The van der Waals surface area contributed by atoms with Crippen molar-refractivity contribution in [3.63, 3.8) is 0 Å².